The molecule has 4 aromatic rings. The zero-order valence-electron chi connectivity index (χ0n) is 20.5. The first-order valence-electron chi connectivity index (χ1n) is 11.8. The molecule has 1 fully saturated rings. The summed E-state index contributed by atoms with van der Waals surface area (Å²) in [5.74, 6) is 0.0719. The number of aromatic nitrogens is 5. The molecule has 0 saturated carbocycles. The summed E-state index contributed by atoms with van der Waals surface area (Å²) >= 11 is 1.09. The predicted octanol–water partition coefficient (Wildman–Crippen LogP) is 1.01. The summed E-state index contributed by atoms with van der Waals surface area (Å²) in [5, 5.41) is 24.3. The Bertz CT molecular complexity index is 1510. The van der Waals surface area contributed by atoms with Crippen molar-refractivity contribution in [2.75, 3.05) is 12.4 Å². The quantitative estimate of drug-likeness (QED) is 0.154. The highest BCUT2D eigenvalue weighted by Gasteiger charge is 2.37. The predicted molar refractivity (Wildman–Crippen MR) is 141 cm³/mol. The van der Waals surface area contributed by atoms with E-state index in [1.54, 1.807) is 6.20 Å². The lowest BCUT2D eigenvalue weighted by Crippen LogP contribution is -2.45. The van der Waals surface area contributed by atoms with Crippen molar-refractivity contribution in [3.8, 4) is 11.3 Å². The Morgan fingerprint density at radius 1 is 1.32 bits per heavy atom. The maximum atomic E-state index is 13.4. The molecule has 1 aliphatic heterocycles. The van der Waals surface area contributed by atoms with E-state index in [2.05, 4.69) is 20.3 Å². The molecule has 1 aromatic carbocycles. The van der Waals surface area contributed by atoms with E-state index in [1.807, 2.05) is 44.2 Å². The number of rotatable bonds is 8. The highest BCUT2D eigenvalue weighted by Crippen LogP contribution is 2.40. The molecule has 38 heavy (non-hydrogen) atoms. The lowest BCUT2D eigenvalue weighted by atomic mass is 10.1. The average Bonchev–Trinajstić information content (AvgIpc) is 3.47. The van der Waals surface area contributed by atoms with Crippen molar-refractivity contribution >= 4 is 43.2 Å². The smallest absolute Gasteiger partial charge is 0.330 e. The van der Waals surface area contributed by atoms with Crippen LogP contribution in [0, 0.1) is 0 Å². The molecule has 0 aliphatic carbocycles. The van der Waals surface area contributed by atoms with Crippen molar-refractivity contribution in [1.29, 1.82) is 0 Å². The van der Waals surface area contributed by atoms with E-state index in [4.69, 9.17) is 9.05 Å². The zero-order valence-corrected chi connectivity index (χ0v) is 22.2. The summed E-state index contributed by atoms with van der Waals surface area (Å²) in [7, 11) is -2.24. The fourth-order valence-corrected chi connectivity index (χ4v) is 5.77. The molecule has 13 nitrogen and oxygen atoms in total. The van der Waals surface area contributed by atoms with Crippen molar-refractivity contribution in [3.63, 3.8) is 0 Å². The normalized spacial score (nSPS) is 20.8. The molecule has 4 heterocycles. The Labute approximate surface area is 221 Å². The molecule has 1 aliphatic rings. The minimum atomic E-state index is -2.24. The first-order chi connectivity index (χ1) is 18.2. The van der Waals surface area contributed by atoms with E-state index in [1.165, 1.54) is 8.97 Å². The van der Waals surface area contributed by atoms with Crippen LogP contribution in [0.25, 0.3) is 28.2 Å². The highest BCUT2D eigenvalue weighted by molar-refractivity contribution is 7.99. The summed E-state index contributed by atoms with van der Waals surface area (Å²) in [4.78, 5) is 47.7. The number of nitrogens with one attached hydrogen (secondary N) is 2. The lowest BCUT2D eigenvalue weighted by Gasteiger charge is -2.33. The largest absolute Gasteiger partial charge is 0.388 e. The number of aromatic amines is 1. The number of carbonyl (C=O) groups is 1. The summed E-state index contributed by atoms with van der Waals surface area (Å²) in [5.41, 5.74) is 1.37. The molecule has 1 amide bonds. The third kappa shape index (κ3) is 5.47. The van der Waals surface area contributed by atoms with Gasteiger partial charge in [0, 0.05) is 12.2 Å². The van der Waals surface area contributed by atoms with Crippen LogP contribution in [-0.4, -0.2) is 81.6 Å². The summed E-state index contributed by atoms with van der Waals surface area (Å²) in [6.45, 7) is 3.32. The second-order valence-electron chi connectivity index (χ2n) is 9.07. The Morgan fingerprint density at radius 3 is 2.82 bits per heavy atom. The van der Waals surface area contributed by atoms with E-state index in [0.717, 1.165) is 17.3 Å². The average molecular weight is 563 g/mol. The van der Waals surface area contributed by atoms with Gasteiger partial charge in [-0.05, 0) is 19.4 Å². The molecular formula is C23H27N6O7PS. The first-order valence-corrected chi connectivity index (χ1v) is 14.0. The van der Waals surface area contributed by atoms with Gasteiger partial charge < -0.3 is 39.0 Å². The molecule has 202 valence electrons. The Morgan fingerprint density at radius 2 is 2.08 bits per heavy atom. The van der Waals surface area contributed by atoms with Gasteiger partial charge in [-0.15, -0.1) is 0 Å². The number of imidazole rings is 2. The number of aliphatic hydroxyl groups excluding tert-OH is 2. The topological polar surface area (TPSA) is 176 Å². The Hall–Kier alpha value is -2.84. The van der Waals surface area contributed by atoms with Gasteiger partial charge in [0.2, 0.25) is 11.7 Å². The maximum absolute atomic E-state index is 13.4. The number of carbonyl (C=O) groups excluding carboxylic acids is 1. The molecule has 0 bridgehead atoms. The number of amides is 1. The first kappa shape index (κ1) is 26.8. The zero-order chi connectivity index (χ0) is 27.0. The van der Waals surface area contributed by atoms with Crippen molar-refractivity contribution in [2.45, 2.75) is 49.9 Å². The van der Waals surface area contributed by atoms with Crippen LogP contribution in [0.4, 0.5) is 0 Å². The molecule has 4 atom stereocenters. The number of nitrogens with zero attached hydrogens (tertiary/aromatic N) is 4. The van der Waals surface area contributed by atoms with Gasteiger partial charge in [0.1, 0.15) is 18.3 Å². The minimum Gasteiger partial charge on any atom is -0.388 e. The van der Waals surface area contributed by atoms with Crippen molar-refractivity contribution in [1.82, 2.24) is 29.2 Å². The van der Waals surface area contributed by atoms with Crippen LogP contribution in [0.5, 0.6) is 0 Å². The number of fused-ring (bicyclic) bond motifs is 2. The maximum Gasteiger partial charge on any atom is 0.330 e. The summed E-state index contributed by atoms with van der Waals surface area (Å²) in [6.07, 6.45) is -1.98. The van der Waals surface area contributed by atoms with Gasteiger partial charge in [-0.2, -0.15) is 4.98 Å². The van der Waals surface area contributed by atoms with Gasteiger partial charge in [0.15, 0.2) is 16.3 Å². The Balaban J connectivity index is 1.55. The van der Waals surface area contributed by atoms with Gasteiger partial charge in [-0.1, -0.05) is 42.1 Å². The Kier molecular flexibility index (Phi) is 7.82. The van der Waals surface area contributed by atoms with Crippen molar-refractivity contribution in [2.24, 2.45) is 0 Å². The van der Waals surface area contributed by atoms with E-state index < -0.39 is 32.5 Å². The number of benzene rings is 1. The minimum absolute atomic E-state index is 0.0211. The SMILES string of the molecule is CC(C)NC(=O)CSc1nc2c(=O)n3cc(-c4ccccc4)[nH]c3nc2n1C[C@@H](O)C1OP(O)OCC1O. The van der Waals surface area contributed by atoms with E-state index in [-0.39, 0.29) is 53.0 Å². The molecule has 3 aromatic heterocycles. The molecule has 0 spiro atoms. The van der Waals surface area contributed by atoms with Crippen LogP contribution in [0.3, 0.4) is 0 Å². The van der Waals surface area contributed by atoms with Gasteiger partial charge in [-0.25, -0.2) is 9.38 Å². The van der Waals surface area contributed by atoms with E-state index in [0.29, 0.717) is 5.69 Å². The highest BCUT2D eigenvalue weighted by atomic mass is 32.2. The van der Waals surface area contributed by atoms with Crippen LogP contribution >= 0.6 is 20.4 Å². The van der Waals surface area contributed by atoms with E-state index in [9.17, 15) is 24.7 Å². The molecule has 1 saturated heterocycles. The summed E-state index contributed by atoms with van der Waals surface area (Å²) < 4.78 is 13.0. The van der Waals surface area contributed by atoms with Gasteiger partial charge in [0.05, 0.1) is 24.6 Å². The van der Waals surface area contributed by atoms with Crippen LogP contribution in [0.15, 0.2) is 46.5 Å². The van der Waals surface area contributed by atoms with Crippen LogP contribution in [0.1, 0.15) is 13.8 Å². The second-order valence-corrected chi connectivity index (χ2v) is 11.0. The number of thioether (sulfide) groups is 1. The van der Waals surface area contributed by atoms with Crippen molar-refractivity contribution < 1.29 is 28.9 Å². The van der Waals surface area contributed by atoms with Gasteiger partial charge >= 0.3 is 8.60 Å². The van der Waals surface area contributed by atoms with Crippen LogP contribution < -0.4 is 10.9 Å². The third-order valence-corrected chi connectivity index (χ3v) is 7.60. The molecular weight excluding hydrogens is 535 g/mol. The molecule has 5 N–H and O–H groups in total. The number of H-pyrrole nitrogens is 1. The fraction of sp³-hybridized carbons (Fsp3) is 0.391. The standard InChI is InChI=1S/C23H27N6O7PS/c1-12(2)24-17(32)11-38-23-26-18-20(28(23)9-15(30)19-16(31)10-35-37(34)36-19)27-22-25-14(8-29(22)21(18)33)13-6-4-3-5-7-13/h3-8,12,15-16,19,30-31,34H,9-11H2,1-2H3,(H,24,32)(H,25,27)/t15-,16?,19?,37?/m1/s1. The second kappa shape index (κ2) is 11.1. The molecule has 15 heteroatoms. The van der Waals surface area contributed by atoms with Crippen molar-refractivity contribution in [3.05, 3.63) is 46.9 Å². The number of hydrogen-bond donors (Lipinski definition) is 5. The monoisotopic (exact) mass is 562 g/mol. The van der Waals surface area contributed by atoms with Gasteiger partial charge in [0.25, 0.3) is 5.56 Å². The fourth-order valence-electron chi connectivity index (χ4n) is 4.13. The number of aliphatic hydroxyl groups is 2. The number of hydrogen-bond acceptors (Lipinski definition) is 10. The lowest BCUT2D eigenvalue weighted by molar-refractivity contribution is -0.119. The van der Waals surface area contributed by atoms with Crippen LogP contribution in [0.2, 0.25) is 0 Å². The van der Waals surface area contributed by atoms with Gasteiger partial charge in [-0.3, -0.25) is 9.59 Å². The van der Waals surface area contributed by atoms with Crippen LogP contribution in [-0.2, 0) is 20.4 Å². The van der Waals surface area contributed by atoms with E-state index >= 15 is 0 Å². The summed E-state index contributed by atoms with van der Waals surface area (Å²) in [6, 6.07) is 9.41. The molecule has 5 rings (SSSR count). The third-order valence-electron chi connectivity index (χ3n) is 5.83. The molecule has 3 unspecified atom stereocenters. The molecule has 0 radical (unpaired) electrons.